The van der Waals surface area contributed by atoms with E-state index in [0.29, 0.717) is 11.4 Å². The molecule has 2 rings (SSSR count). The number of halogens is 1. The van der Waals surface area contributed by atoms with E-state index in [2.05, 4.69) is 16.0 Å². The van der Waals surface area contributed by atoms with E-state index in [0.717, 1.165) is 5.69 Å². The molecule has 0 spiro atoms. The van der Waals surface area contributed by atoms with Gasteiger partial charge in [0.1, 0.15) is 5.02 Å². The van der Waals surface area contributed by atoms with Crippen LogP contribution in [0.2, 0.25) is 5.02 Å². The van der Waals surface area contributed by atoms with Gasteiger partial charge in [-0.25, -0.2) is 4.98 Å². The van der Waals surface area contributed by atoms with Gasteiger partial charge >= 0.3 is 0 Å². The SMILES string of the molecule is CN(c1cccc(C#N)c1)c1nc[nH]c(=O)c1Cl. The van der Waals surface area contributed by atoms with E-state index >= 15 is 0 Å². The van der Waals surface area contributed by atoms with Crippen molar-refractivity contribution < 1.29 is 0 Å². The van der Waals surface area contributed by atoms with Crippen LogP contribution in [0.5, 0.6) is 0 Å². The second-order valence-electron chi connectivity index (χ2n) is 3.59. The molecule has 18 heavy (non-hydrogen) atoms. The number of nitrogens with zero attached hydrogens (tertiary/aromatic N) is 3. The molecule has 0 amide bonds. The highest BCUT2D eigenvalue weighted by Gasteiger charge is 2.12. The maximum atomic E-state index is 11.4. The largest absolute Gasteiger partial charge is 0.328 e. The molecule has 0 radical (unpaired) electrons. The molecule has 0 unspecified atom stereocenters. The molecule has 1 aromatic carbocycles. The third-order valence-corrected chi connectivity index (χ3v) is 2.80. The summed E-state index contributed by atoms with van der Waals surface area (Å²) >= 11 is 5.90. The Balaban J connectivity index is 2.48. The highest BCUT2D eigenvalue weighted by Crippen LogP contribution is 2.25. The Kier molecular flexibility index (Phi) is 3.31. The van der Waals surface area contributed by atoms with Gasteiger partial charge < -0.3 is 9.88 Å². The van der Waals surface area contributed by atoms with Crippen molar-refractivity contribution in [3.05, 3.63) is 51.5 Å². The van der Waals surface area contributed by atoms with E-state index in [1.165, 1.54) is 6.33 Å². The third-order valence-electron chi connectivity index (χ3n) is 2.46. The Morgan fingerprint density at radius 1 is 1.50 bits per heavy atom. The number of benzene rings is 1. The van der Waals surface area contributed by atoms with Crippen molar-refractivity contribution in [1.29, 1.82) is 5.26 Å². The summed E-state index contributed by atoms with van der Waals surface area (Å²) < 4.78 is 0. The van der Waals surface area contributed by atoms with Crippen LogP contribution in [-0.4, -0.2) is 17.0 Å². The Morgan fingerprint density at radius 2 is 2.28 bits per heavy atom. The Bertz CT molecular complexity index is 674. The molecule has 0 aliphatic heterocycles. The molecule has 0 bridgehead atoms. The molecule has 1 heterocycles. The van der Waals surface area contributed by atoms with Crippen LogP contribution >= 0.6 is 11.6 Å². The molecule has 0 saturated carbocycles. The molecule has 1 aromatic heterocycles. The van der Waals surface area contributed by atoms with Crippen molar-refractivity contribution in [2.75, 3.05) is 11.9 Å². The number of H-pyrrole nitrogens is 1. The maximum absolute atomic E-state index is 11.4. The zero-order valence-electron chi connectivity index (χ0n) is 9.51. The first kappa shape index (κ1) is 12.1. The lowest BCUT2D eigenvalue weighted by atomic mass is 10.2. The van der Waals surface area contributed by atoms with Crippen LogP contribution in [0.4, 0.5) is 11.5 Å². The monoisotopic (exact) mass is 260 g/mol. The lowest BCUT2D eigenvalue weighted by Gasteiger charge is -2.18. The van der Waals surface area contributed by atoms with Crippen LogP contribution in [0.1, 0.15) is 5.56 Å². The highest BCUT2D eigenvalue weighted by molar-refractivity contribution is 6.32. The van der Waals surface area contributed by atoms with Gasteiger partial charge in [-0.05, 0) is 18.2 Å². The number of hydrogen-bond acceptors (Lipinski definition) is 4. The lowest BCUT2D eigenvalue weighted by Crippen LogP contribution is -2.17. The van der Waals surface area contributed by atoms with Crippen molar-refractivity contribution in [2.24, 2.45) is 0 Å². The van der Waals surface area contributed by atoms with E-state index in [9.17, 15) is 4.79 Å². The average molecular weight is 261 g/mol. The number of aromatic nitrogens is 2. The summed E-state index contributed by atoms with van der Waals surface area (Å²) in [5, 5.41) is 8.86. The summed E-state index contributed by atoms with van der Waals surface area (Å²) in [7, 11) is 1.73. The number of rotatable bonds is 2. The summed E-state index contributed by atoms with van der Waals surface area (Å²) in [6, 6.07) is 9.00. The molecule has 0 atom stereocenters. The molecular formula is C12H9ClN4O. The minimum Gasteiger partial charge on any atom is -0.328 e. The molecular weight excluding hydrogens is 252 g/mol. The second-order valence-corrected chi connectivity index (χ2v) is 3.97. The molecule has 0 fully saturated rings. The molecule has 2 aromatic rings. The first-order valence-electron chi connectivity index (χ1n) is 5.10. The van der Waals surface area contributed by atoms with Gasteiger partial charge in [0.15, 0.2) is 5.82 Å². The van der Waals surface area contributed by atoms with Gasteiger partial charge in [0.25, 0.3) is 5.56 Å². The Labute approximate surface area is 108 Å². The predicted molar refractivity (Wildman–Crippen MR) is 69.1 cm³/mol. The fraction of sp³-hybridized carbons (Fsp3) is 0.0833. The van der Waals surface area contributed by atoms with E-state index in [1.54, 1.807) is 36.2 Å². The Morgan fingerprint density at radius 3 is 3.00 bits per heavy atom. The van der Waals surface area contributed by atoms with Gasteiger partial charge in [0.05, 0.1) is 18.0 Å². The number of hydrogen-bond donors (Lipinski definition) is 1. The molecule has 0 aliphatic carbocycles. The predicted octanol–water partition coefficient (Wildman–Crippen LogP) is 2.06. The van der Waals surface area contributed by atoms with Crippen molar-refractivity contribution >= 4 is 23.1 Å². The molecule has 5 nitrogen and oxygen atoms in total. The lowest BCUT2D eigenvalue weighted by molar-refractivity contribution is 1.05. The van der Waals surface area contributed by atoms with E-state index in [-0.39, 0.29) is 5.02 Å². The van der Waals surface area contributed by atoms with Crippen LogP contribution in [-0.2, 0) is 0 Å². The molecule has 1 N–H and O–H groups in total. The zero-order valence-corrected chi connectivity index (χ0v) is 10.3. The quantitative estimate of drug-likeness (QED) is 0.897. The minimum absolute atomic E-state index is 0.0161. The standard InChI is InChI=1S/C12H9ClN4O/c1-17(9-4-2-3-8(5-9)6-14)11-10(13)12(18)16-7-15-11/h2-5,7H,1H3,(H,15,16,18). The van der Waals surface area contributed by atoms with Crippen molar-refractivity contribution in [1.82, 2.24) is 9.97 Å². The van der Waals surface area contributed by atoms with Gasteiger partial charge in [-0.15, -0.1) is 0 Å². The van der Waals surface area contributed by atoms with E-state index in [4.69, 9.17) is 16.9 Å². The first-order chi connectivity index (χ1) is 8.63. The summed E-state index contributed by atoms with van der Waals surface area (Å²) in [5.41, 5.74) is 0.860. The van der Waals surface area contributed by atoms with Gasteiger partial charge in [-0.2, -0.15) is 5.26 Å². The Hall–Kier alpha value is -2.32. The van der Waals surface area contributed by atoms with Crippen LogP contribution < -0.4 is 10.5 Å². The number of aromatic amines is 1. The summed E-state index contributed by atoms with van der Waals surface area (Å²) in [5.74, 6) is 0.343. The topological polar surface area (TPSA) is 72.8 Å². The fourth-order valence-electron chi connectivity index (χ4n) is 1.51. The summed E-state index contributed by atoms with van der Waals surface area (Å²) in [6.07, 6.45) is 1.29. The van der Waals surface area contributed by atoms with Gasteiger partial charge in [-0.3, -0.25) is 4.79 Å². The smallest absolute Gasteiger partial charge is 0.271 e. The normalized spacial score (nSPS) is 9.83. The maximum Gasteiger partial charge on any atom is 0.271 e. The van der Waals surface area contributed by atoms with E-state index in [1.807, 2.05) is 0 Å². The molecule has 0 aliphatic rings. The third kappa shape index (κ3) is 2.19. The van der Waals surface area contributed by atoms with Crippen LogP contribution in [0, 0.1) is 11.3 Å². The van der Waals surface area contributed by atoms with Crippen LogP contribution in [0.3, 0.4) is 0 Å². The van der Waals surface area contributed by atoms with Gasteiger partial charge in [0.2, 0.25) is 0 Å². The molecule has 6 heteroatoms. The van der Waals surface area contributed by atoms with Gasteiger partial charge in [-0.1, -0.05) is 17.7 Å². The number of nitriles is 1. The number of anilines is 2. The minimum atomic E-state index is -0.398. The number of nitrogens with one attached hydrogen (secondary N) is 1. The first-order valence-corrected chi connectivity index (χ1v) is 5.48. The fourth-order valence-corrected chi connectivity index (χ4v) is 1.74. The van der Waals surface area contributed by atoms with Gasteiger partial charge in [0, 0.05) is 12.7 Å². The molecule has 0 saturated heterocycles. The van der Waals surface area contributed by atoms with Crippen LogP contribution in [0.15, 0.2) is 35.4 Å². The highest BCUT2D eigenvalue weighted by atomic mass is 35.5. The molecule has 90 valence electrons. The second kappa shape index (κ2) is 4.90. The summed E-state index contributed by atoms with van der Waals surface area (Å²) in [4.78, 5) is 19.5. The van der Waals surface area contributed by atoms with Crippen LogP contribution in [0.25, 0.3) is 0 Å². The van der Waals surface area contributed by atoms with Crippen molar-refractivity contribution in [3.63, 3.8) is 0 Å². The zero-order chi connectivity index (χ0) is 13.1. The van der Waals surface area contributed by atoms with Crippen molar-refractivity contribution in [2.45, 2.75) is 0 Å². The average Bonchev–Trinajstić information content (AvgIpc) is 2.41. The van der Waals surface area contributed by atoms with E-state index < -0.39 is 5.56 Å². The summed E-state index contributed by atoms with van der Waals surface area (Å²) in [6.45, 7) is 0. The van der Waals surface area contributed by atoms with Crippen molar-refractivity contribution in [3.8, 4) is 6.07 Å².